The molecule has 0 fully saturated rings. The van der Waals surface area contributed by atoms with E-state index in [2.05, 4.69) is 43.8 Å². The van der Waals surface area contributed by atoms with Crippen LogP contribution in [0.1, 0.15) is 253 Å². The monoisotopic (exact) mass is 1600 g/mol. The first kappa shape index (κ1) is 103. The number of aliphatic carboxylic acids is 1. The summed E-state index contributed by atoms with van der Waals surface area (Å²) in [6.07, 6.45) is 15.9. The second kappa shape index (κ2) is 61.6. The number of carboxylic acids is 1. The molecule has 0 aliphatic carbocycles. The van der Waals surface area contributed by atoms with Gasteiger partial charge in [-0.05, 0) is 127 Å². The number of rotatable bonds is 71. The molecule has 12 atom stereocenters. The van der Waals surface area contributed by atoms with Crippen molar-refractivity contribution in [2.45, 2.75) is 289 Å². The van der Waals surface area contributed by atoms with E-state index in [4.69, 9.17) is 34.4 Å². The third kappa shape index (κ3) is 48.1. The van der Waals surface area contributed by atoms with E-state index in [-0.39, 0.29) is 107 Å². The number of unbranched alkanes of at least 4 members (excludes halogenated alkanes) is 14. The molecule has 0 bridgehead atoms. The van der Waals surface area contributed by atoms with Crippen LogP contribution in [0.2, 0.25) is 0 Å². The molecule has 630 valence electrons. The van der Waals surface area contributed by atoms with Gasteiger partial charge >= 0.3 is 5.97 Å². The van der Waals surface area contributed by atoms with Gasteiger partial charge in [-0.1, -0.05) is 111 Å². The second-order valence-corrected chi connectivity index (χ2v) is 31.6. The third-order valence-electron chi connectivity index (χ3n) is 19.3. The number of Topliss-reactive ketones (excluding diaryl/α,β-unsaturated/α-hetero) is 6. The molecule has 8 amide bonds. The molecular formula is C77H137N13O18S2. The molecule has 110 heavy (non-hydrogen) atoms. The summed E-state index contributed by atoms with van der Waals surface area (Å²) in [5.74, 6) is -17.9. The lowest BCUT2D eigenvalue weighted by Gasteiger charge is -2.27. The highest BCUT2D eigenvalue weighted by Crippen LogP contribution is 2.25. The van der Waals surface area contributed by atoms with E-state index in [1.165, 1.54) is 95.2 Å². The molecule has 0 rings (SSSR count). The standard InChI is InChI=1S/C77H137N13O18S2/c1-8-9-10-11-12-13-14-15-16-17-18-19-20-27-56(93)41-53(32-37-109-6)72(104)85-47-57(94)40-50(4)71(103)86-61(30-31-68(80)99)64(95)42-52(26-21-23-34-78)73(105)87-59(28-22-24-35-79)65(96)43-54(39-49(2)3)74(106)88-60(29-25-36-84-77(82)83)66(97)44-55(48-91)75(107)89-62(33-38-110-7)67(98)45-58(51(5)92)76(108)90-63(70(81)102)46-69(100)101/h49-55,58-63,91-92H,8-48,78-79H2,1-7H3,(H2,80,99)(H2,81,102)(H,85,104)(H,86,103)(H,87,105)(H,88,106)(H,89,107)(H,90,108)(H,100,101)(H4,82,83,84)/t50-,51-,52-,53-,54-,55+,58+,59+,60+,61+,62+,63+/m1/s1. The zero-order valence-electron chi connectivity index (χ0n) is 66.7. The van der Waals surface area contributed by atoms with Crippen LogP contribution < -0.4 is 66.3 Å². The van der Waals surface area contributed by atoms with Crippen molar-refractivity contribution in [2.75, 3.05) is 56.8 Å². The first-order valence-corrected chi connectivity index (χ1v) is 42.4. The highest BCUT2D eigenvalue weighted by atomic mass is 32.2. The fourth-order valence-corrected chi connectivity index (χ4v) is 13.7. The van der Waals surface area contributed by atoms with Crippen LogP contribution in [0.15, 0.2) is 4.99 Å². The van der Waals surface area contributed by atoms with Gasteiger partial charge in [0.15, 0.2) is 34.9 Å². The van der Waals surface area contributed by atoms with Crippen molar-refractivity contribution in [2.24, 2.45) is 80.8 Å². The normalized spacial score (nSPS) is 14.6. The molecule has 0 heterocycles. The highest BCUT2D eigenvalue weighted by Gasteiger charge is 2.38. The summed E-state index contributed by atoms with van der Waals surface area (Å²) >= 11 is 2.83. The van der Waals surface area contributed by atoms with Crippen LogP contribution in [0.25, 0.3) is 0 Å². The summed E-state index contributed by atoms with van der Waals surface area (Å²) in [7, 11) is 0. The molecule has 0 aliphatic heterocycles. The molecule has 0 aromatic carbocycles. The number of carbonyl (C=O) groups excluding carboxylic acids is 14. The predicted molar refractivity (Wildman–Crippen MR) is 427 cm³/mol. The summed E-state index contributed by atoms with van der Waals surface area (Å²) < 4.78 is 0. The Kier molecular flexibility index (Phi) is 57.7. The molecule has 0 aliphatic rings. The van der Waals surface area contributed by atoms with E-state index in [0.29, 0.717) is 44.3 Å². The zero-order chi connectivity index (χ0) is 83.1. The number of aliphatic hydroxyl groups is 2. The molecular weight excluding hydrogens is 1460 g/mol. The number of nitrogens with one attached hydrogen (secondary N) is 6. The lowest BCUT2D eigenvalue weighted by Crippen LogP contribution is -2.51. The van der Waals surface area contributed by atoms with Crippen LogP contribution in [0.5, 0.6) is 0 Å². The fraction of sp³-hybridized carbons (Fsp3) is 0.792. The van der Waals surface area contributed by atoms with E-state index in [0.717, 1.165) is 25.7 Å². The molecule has 0 spiro atoms. The molecule has 33 heteroatoms. The average Bonchev–Trinajstić information content (AvgIpc) is 0.862. The Morgan fingerprint density at radius 1 is 0.427 bits per heavy atom. The Hall–Kier alpha value is -6.94. The van der Waals surface area contributed by atoms with Crippen LogP contribution >= 0.6 is 23.5 Å². The summed E-state index contributed by atoms with van der Waals surface area (Å²) in [5.41, 5.74) is 33.7. The largest absolute Gasteiger partial charge is 0.481 e. The van der Waals surface area contributed by atoms with E-state index < -0.39 is 199 Å². The maximum absolute atomic E-state index is 14.7. The first-order valence-electron chi connectivity index (χ1n) is 39.7. The molecule has 0 saturated carbocycles. The summed E-state index contributed by atoms with van der Waals surface area (Å²) in [6, 6.07) is -6.99. The van der Waals surface area contributed by atoms with Gasteiger partial charge in [0.05, 0.1) is 61.7 Å². The molecule has 0 unspecified atom stereocenters. The van der Waals surface area contributed by atoms with Gasteiger partial charge in [-0.2, -0.15) is 23.5 Å². The van der Waals surface area contributed by atoms with Crippen LogP contribution in [0.4, 0.5) is 0 Å². The number of carboxylic acid groups (broad SMARTS) is 1. The van der Waals surface area contributed by atoms with Gasteiger partial charge in [-0.3, -0.25) is 76.9 Å². The maximum atomic E-state index is 14.7. The predicted octanol–water partition coefficient (Wildman–Crippen LogP) is 3.94. The van der Waals surface area contributed by atoms with Crippen molar-refractivity contribution in [3.05, 3.63) is 0 Å². The number of amides is 8. The van der Waals surface area contributed by atoms with Gasteiger partial charge in [0.1, 0.15) is 11.8 Å². The molecule has 21 N–H and O–H groups in total. The van der Waals surface area contributed by atoms with Gasteiger partial charge in [0.25, 0.3) is 0 Å². The fourth-order valence-electron chi connectivity index (χ4n) is 12.7. The second-order valence-electron chi connectivity index (χ2n) is 29.6. The number of primary amides is 2. The number of guanidine groups is 1. The van der Waals surface area contributed by atoms with Gasteiger partial charge in [-0.25, -0.2) is 0 Å². The van der Waals surface area contributed by atoms with E-state index in [1.54, 1.807) is 20.1 Å². The van der Waals surface area contributed by atoms with Crippen molar-refractivity contribution in [3.63, 3.8) is 0 Å². The van der Waals surface area contributed by atoms with E-state index in [9.17, 15) is 87.2 Å². The summed E-state index contributed by atoms with van der Waals surface area (Å²) in [6.45, 7) is 7.58. The Bertz CT molecular complexity index is 2870. The Balaban J connectivity index is 6.63. The Labute approximate surface area is 660 Å². The summed E-state index contributed by atoms with van der Waals surface area (Å²) in [4.78, 5) is 207. The minimum Gasteiger partial charge on any atom is -0.481 e. The quantitative estimate of drug-likeness (QED) is 0.0233. The van der Waals surface area contributed by atoms with Gasteiger partial charge in [0.2, 0.25) is 47.3 Å². The van der Waals surface area contributed by atoms with Crippen molar-refractivity contribution in [1.29, 1.82) is 0 Å². The Morgan fingerprint density at radius 2 is 0.873 bits per heavy atom. The zero-order valence-corrected chi connectivity index (χ0v) is 68.3. The van der Waals surface area contributed by atoms with Crippen molar-refractivity contribution < 1.29 is 87.2 Å². The van der Waals surface area contributed by atoms with Crippen molar-refractivity contribution in [3.8, 4) is 0 Å². The molecule has 0 radical (unpaired) electrons. The first-order chi connectivity index (χ1) is 52.2. The SMILES string of the molecule is CCCCCCCCCCCCCCCC(=O)C[C@@H](CCSC)C(=O)NCC(=O)C[C@@H](C)C(=O)N[C@@H](CCC(N)=O)C(=O)C[C@@H](CCCCN)C(=O)N[C@@H](CCCCN)C(=O)C[C@@H](CC(C)C)C(=O)N[C@@H](CCCN=C(N)N)C(=O)C[C@@H](CO)C(=O)N[C@@H](CCSC)C(=O)C[C@H](C(=O)N[C@@H](CC(=O)O)C(N)=O)[C@@H](C)O. The van der Waals surface area contributed by atoms with Gasteiger partial charge in [0, 0.05) is 81.6 Å². The molecule has 0 aromatic rings. The minimum atomic E-state index is -1.68. The van der Waals surface area contributed by atoms with Crippen LogP contribution in [-0.4, -0.2) is 202 Å². The van der Waals surface area contributed by atoms with Crippen molar-refractivity contribution >= 4 is 117 Å². The smallest absolute Gasteiger partial charge is 0.305 e. The average molecular weight is 1600 g/mol. The lowest BCUT2D eigenvalue weighted by molar-refractivity contribution is -0.141. The number of hydrogen-bond donors (Lipinski definition) is 15. The third-order valence-corrected chi connectivity index (χ3v) is 20.6. The van der Waals surface area contributed by atoms with Gasteiger partial charge < -0.3 is 81.6 Å². The van der Waals surface area contributed by atoms with Crippen LogP contribution in [0, 0.1) is 41.4 Å². The van der Waals surface area contributed by atoms with Crippen LogP contribution in [0.3, 0.4) is 0 Å². The van der Waals surface area contributed by atoms with Crippen molar-refractivity contribution in [1.82, 2.24) is 31.9 Å². The minimum absolute atomic E-state index is 0.00509. The number of ketones is 6. The van der Waals surface area contributed by atoms with Crippen LogP contribution in [-0.2, 0) is 71.9 Å². The number of aliphatic imine (C=N–C) groups is 1. The molecule has 31 nitrogen and oxygen atoms in total. The van der Waals surface area contributed by atoms with E-state index in [1.807, 2.05) is 6.26 Å². The maximum Gasteiger partial charge on any atom is 0.305 e. The number of hydrogen-bond acceptors (Lipinski definition) is 22. The topological polar surface area (TPSA) is 557 Å². The number of carbonyl (C=O) groups is 15. The number of thioether (sulfide) groups is 2. The number of aliphatic hydroxyl groups excluding tert-OH is 2. The number of nitrogens with two attached hydrogens (primary N) is 6. The number of nitrogens with zero attached hydrogens (tertiary/aromatic N) is 1. The summed E-state index contributed by atoms with van der Waals surface area (Å²) in [5, 5.41) is 46.0. The van der Waals surface area contributed by atoms with Gasteiger partial charge in [-0.15, -0.1) is 0 Å². The highest BCUT2D eigenvalue weighted by molar-refractivity contribution is 7.98. The lowest BCUT2D eigenvalue weighted by atomic mass is 9.87. The molecule has 0 aromatic heterocycles. The van der Waals surface area contributed by atoms with E-state index >= 15 is 0 Å². The molecule has 0 saturated heterocycles. The Morgan fingerprint density at radius 3 is 1.36 bits per heavy atom.